The summed E-state index contributed by atoms with van der Waals surface area (Å²) in [6.07, 6.45) is 7.75. The molecule has 4 heterocycles. The predicted octanol–water partition coefficient (Wildman–Crippen LogP) is 5.96. The molecule has 7 nitrogen and oxygen atoms in total. The van der Waals surface area contributed by atoms with E-state index in [0.29, 0.717) is 18.1 Å². The van der Waals surface area contributed by atoms with Crippen molar-refractivity contribution in [3.8, 4) is 0 Å². The number of carbonyl (C=O) groups excluding carboxylic acids is 1. The molecule has 3 aliphatic rings. The third-order valence-corrected chi connectivity index (χ3v) is 9.19. The number of likely N-dealkylation sites (tertiary alicyclic amines) is 1. The van der Waals surface area contributed by atoms with Gasteiger partial charge in [-0.3, -0.25) is 4.90 Å². The van der Waals surface area contributed by atoms with Gasteiger partial charge in [-0.25, -0.2) is 9.48 Å². The molecule has 3 saturated heterocycles. The normalized spacial score (nSPS) is 25.6. The minimum Gasteiger partial charge on any atom is -0.444 e. The Morgan fingerprint density at radius 3 is 2.29 bits per heavy atom. The molecule has 0 aliphatic carbocycles. The Morgan fingerprint density at radius 2 is 1.61 bits per heavy atom. The SMILES string of the molecule is CC(C)(C)OC(=O)N1CCC(CCN2[C@@H]3CC[C@H]2C[C@@H](n2nnc4ccccc42)C3)(c2ccccc2)CC1. The van der Waals surface area contributed by atoms with E-state index in [9.17, 15) is 4.79 Å². The Labute approximate surface area is 226 Å². The second-order valence-corrected chi connectivity index (χ2v) is 12.6. The molecule has 6 rings (SSSR count). The van der Waals surface area contributed by atoms with Crippen LogP contribution in [0.5, 0.6) is 0 Å². The highest BCUT2D eigenvalue weighted by Crippen LogP contribution is 2.44. The summed E-state index contributed by atoms with van der Waals surface area (Å²) in [5, 5.41) is 8.98. The standard InChI is InChI=1S/C31H41N5O2/c1-30(2,3)38-29(37)34-18-15-31(16-19-34,23-9-5-4-6-10-23)17-20-35-24-13-14-25(35)22-26(21-24)36-28-12-8-7-11-27(28)32-33-36/h4-12,24-26H,13-22H2,1-3H3/t24-,25+,26+. The summed E-state index contributed by atoms with van der Waals surface area (Å²) in [4.78, 5) is 17.5. The number of rotatable bonds is 5. The first-order valence-corrected chi connectivity index (χ1v) is 14.4. The number of hydrogen-bond acceptors (Lipinski definition) is 5. The average molecular weight is 516 g/mol. The highest BCUT2D eigenvalue weighted by molar-refractivity contribution is 5.74. The molecule has 38 heavy (non-hydrogen) atoms. The maximum absolute atomic E-state index is 12.8. The van der Waals surface area contributed by atoms with Gasteiger partial charge in [0.15, 0.2) is 0 Å². The van der Waals surface area contributed by atoms with Crippen LogP contribution in [-0.2, 0) is 10.2 Å². The van der Waals surface area contributed by atoms with Crippen LogP contribution in [0.1, 0.15) is 77.3 Å². The second kappa shape index (κ2) is 9.99. The Hall–Kier alpha value is -2.93. The molecule has 3 aromatic rings. The molecule has 1 aromatic heterocycles. The van der Waals surface area contributed by atoms with Gasteiger partial charge in [0.1, 0.15) is 11.1 Å². The van der Waals surface area contributed by atoms with Crippen LogP contribution in [0.4, 0.5) is 4.79 Å². The van der Waals surface area contributed by atoms with E-state index in [4.69, 9.17) is 4.74 Å². The van der Waals surface area contributed by atoms with E-state index >= 15 is 0 Å². The van der Waals surface area contributed by atoms with Gasteiger partial charge in [0.2, 0.25) is 0 Å². The fourth-order valence-electron chi connectivity index (χ4n) is 7.23. The van der Waals surface area contributed by atoms with Gasteiger partial charge in [-0.05, 0) is 95.4 Å². The number of carbonyl (C=O) groups is 1. The van der Waals surface area contributed by atoms with Gasteiger partial charge in [0, 0.05) is 25.2 Å². The first kappa shape index (κ1) is 25.4. The molecule has 0 N–H and O–H groups in total. The van der Waals surface area contributed by atoms with Gasteiger partial charge in [-0.1, -0.05) is 47.7 Å². The maximum Gasteiger partial charge on any atom is 0.410 e. The molecule has 3 fully saturated rings. The molecule has 0 saturated carbocycles. The zero-order valence-electron chi connectivity index (χ0n) is 23.1. The lowest BCUT2D eigenvalue weighted by Gasteiger charge is -2.45. The minimum atomic E-state index is -0.463. The summed E-state index contributed by atoms with van der Waals surface area (Å²) in [7, 11) is 0. The van der Waals surface area contributed by atoms with Crippen molar-refractivity contribution in [2.75, 3.05) is 19.6 Å². The molecule has 3 atom stereocenters. The van der Waals surface area contributed by atoms with Gasteiger partial charge in [-0.15, -0.1) is 5.10 Å². The van der Waals surface area contributed by atoms with Crippen molar-refractivity contribution in [1.29, 1.82) is 0 Å². The van der Waals surface area contributed by atoms with E-state index in [1.54, 1.807) is 0 Å². The van der Waals surface area contributed by atoms with Crippen LogP contribution >= 0.6 is 0 Å². The molecule has 7 heteroatoms. The first-order chi connectivity index (χ1) is 18.3. The molecule has 0 unspecified atom stereocenters. The molecular weight excluding hydrogens is 474 g/mol. The van der Waals surface area contributed by atoms with E-state index in [0.717, 1.165) is 62.8 Å². The Morgan fingerprint density at radius 1 is 0.947 bits per heavy atom. The summed E-state index contributed by atoms with van der Waals surface area (Å²) in [6, 6.07) is 21.0. The van der Waals surface area contributed by atoms with Crippen molar-refractivity contribution in [2.24, 2.45) is 0 Å². The van der Waals surface area contributed by atoms with Gasteiger partial charge in [-0.2, -0.15) is 0 Å². The largest absolute Gasteiger partial charge is 0.444 e. The zero-order valence-corrected chi connectivity index (χ0v) is 23.1. The zero-order chi connectivity index (χ0) is 26.3. The highest BCUT2D eigenvalue weighted by atomic mass is 16.6. The Balaban J connectivity index is 1.14. The third-order valence-electron chi connectivity index (χ3n) is 9.19. The second-order valence-electron chi connectivity index (χ2n) is 12.6. The maximum atomic E-state index is 12.8. The molecule has 0 radical (unpaired) electrons. The van der Waals surface area contributed by atoms with Crippen LogP contribution in [0.15, 0.2) is 54.6 Å². The number of fused-ring (bicyclic) bond motifs is 3. The topological polar surface area (TPSA) is 63.5 Å². The predicted molar refractivity (Wildman–Crippen MR) is 149 cm³/mol. The number of aromatic nitrogens is 3. The number of benzene rings is 2. The van der Waals surface area contributed by atoms with E-state index in [-0.39, 0.29) is 11.5 Å². The van der Waals surface area contributed by atoms with Crippen LogP contribution in [-0.4, -0.2) is 68.2 Å². The summed E-state index contributed by atoms with van der Waals surface area (Å²) < 4.78 is 7.87. The van der Waals surface area contributed by atoms with Crippen molar-refractivity contribution in [2.45, 2.75) is 94.9 Å². The van der Waals surface area contributed by atoms with Gasteiger partial charge >= 0.3 is 6.09 Å². The minimum absolute atomic E-state index is 0.0954. The monoisotopic (exact) mass is 515 g/mol. The summed E-state index contributed by atoms with van der Waals surface area (Å²) in [5.41, 5.74) is 3.20. The van der Waals surface area contributed by atoms with Crippen molar-refractivity contribution in [3.05, 3.63) is 60.2 Å². The lowest BCUT2D eigenvalue weighted by Crippen LogP contribution is -2.49. The van der Waals surface area contributed by atoms with Crippen LogP contribution in [0, 0.1) is 0 Å². The van der Waals surface area contributed by atoms with Crippen molar-refractivity contribution in [1.82, 2.24) is 24.8 Å². The van der Waals surface area contributed by atoms with Crippen LogP contribution in [0.25, 0.3) is 11.0 Å². The van der Waals surface area contributed by atoms with Crippen LogP contribution in [0.2, 0.25) is 0 Å². The fraction of sp³-hybridized carbons (Fsp3) is 0.581. The van der Waals surface area contributed by atoms with Gasteiger partial charge < -0.3 is 9.64 Å². The molecule has 0 spiro atoms. The Kier molecular flexibility index (Phi) is 6.67. The molecule has 3 aliphatic heterocycles. The van der Waals surface area contributed by atoms with Gasteiger partial charge in [0.25, 0.3) is 0 Å². The third kappa shape index (κ3) is 4.93. The Bertz CT molecular complexity index is 1240. The van der Waals surface area contributed by atoms with Crippen molar-refractivity contribution in [3.63, 3.8) is 0 Å². The van der Waals surface area contributed by atoms with E-state index in [1.807, 2.05) is 31.7 Å². The summed E-state index contributed by atoms with van der Waals surface area (Å²) >= 11 is 0. The van der Waals surface area contributed by atoms with Crippen LogP contribution in [0.3, 0.4) is 0 Å². The molecule has 2 bridgehead atoms. The van der Waals surface area contributed by atoms with Crippen molar-refractivity contribution < 1.29 is 9.53 Å². The lowest BCUT2D eigenvalue weighted by atomic mass is 9.70. The van der Waals surface area contributed by atoms with E-state index in [1.165, 1.54) is 18.4 Å². The summed E-state index contributed by atoms with van der Waals surface area (Å²) in [5.74, 6) is 0. The van der Waals surface area contributed by atoms with E-state index in [2.05, 4.69) is 68.4 Å². The molecule has 202 valence electrons. The van der Waals surface area contributed by atoms with Crippen LogP contribution < -0.4 is 0 Å². The number of hydrogen-bond donors (Lipinski definition) is 0. The number of piperidine rings is 2. The van der Waals surface area contributed by atoms with Crippen molar-refractivity contribution >= 4 is 17.1 Å². The average Bonchev–Trinajstić information content (AvgIpc) is 3.44. The highest BCUT2D eigenvalue weighted by Gasteiger charge is 2.44. The summed E-state index contributed by atoms with van der Waals surface area (Å²) in [6.45, 7) is 8.42. The van der Waals surface area contributed by atoms with Gasteiger partial charge in [0.05, 0.1) is 11.6 Å². The first-order valence-electron chi connectivity index (χ1n) is 14.4. The fourth-order valence-corrected chi connectivity index (χ4v) is 7.23. The lowest BCUT2D eigenvalue weighted by molar-refractivity contribution is 0.0143. The number of amides is 1. The smallest absolute Gasteiger partial charge is 0.410 e. The molecule has 1 amide bonds. The quantitative estimate of drug-likeness (QED) is 0.420. The molecule has 2 aromatic carbocycles. The number of nitrogens with zero attached hydrogens (tertiary/aromatic N) is 5. The molecular formula is C31H41N5O2. The van der Waals surface area contributed by atoms with E-state index < -0.39 is 5.60 Å². The number of para-hydroxylation sites is 1. The number of ether oxygens (including phenoxy) is 1.